The van der Waals surface area contributed by atoms with Gasteiger partial charge in [-0.25, -0.2) is 4.79 Å². The van der Waals surface area contributed by atoms with Crippen LogP contribution < -0.4 is 5.32 Å². The molecule has 1 N–H and O–H groups in total. The van der Waals surface area contributed by atoms with Gasteiger partial charge in [-0.1, -0.05) is 0 Å². The highest BCUT2D eigenvalue weighted by molar-refractivity contribution is 7.18. The lowest BCUT2D eigenvalue weighted by atomic mass is 10.1. The van der Waals surface area contributed by atoms with Gasteiger partial charge in [0.1, 0.15) is 5.00 Å². The SMILES string of the molecule is CCOC(=O)c1c(NC(=O)CN2C[C@@H](C)O[C@H](C)C2)sc(C(=O)N(C)C)c1C. The number of nitrogens with one attached hydrogen (secondary N) is 1. The summed E-state index contributed by atoms with van der Waals surface area (Å²) in [7, 11) is 3.29. The summed E-state index contributed by atoms with van der Waals surface area (Å²) in [6, 6.07) is 0. The highest BCUT2D eigenvalue weighted by Crippen LogP contribution is 2.34. The van der Waals surface area contributed by atoms with Crippen molar-refractivity contribution in [2.24, 2.45) is 0 Å². The van der Waals surface area contributed by atoms with E-state index in [1.54, 1.807) is 27.9 Å². The molecule has 8 nitrogen and oxygen atoms in total. The van der Waals surface area contributed by atoms with Gasteiger partial charge in [0.2, 0.25) is 5.91 Å². The molecule has 1 aliphatic heterocycles. The van der Waals surface area contributed by atoms with Crippen LogP contribution >= 0.6 is 11.3 Å². The molecule has 0 unspecified atom stereocenters. The zero-order chi connectivity index (χ0) is 21.0. The summed E-state index contributed by atoms with van der Waals surface area (Å²) in [6.07, 6.45) is 0.111. The van der Waals surface area contributed by atoms with Crippen LogP contribution in [0.4, 0.5) is 5.00 Å². The molecule has 2 atom stereocenters. The molecule has 0 aliphatic carbocycles. The summed E-state index contributed by atoms with van der Waals surface area (Å²) >= 11 is 1.10. The number of hydrogen-bond acceptors (Lipinski definition) is 7. The number of hydrogen-bond donors (Lipinski definition) is 1. The first-order valence-electron chi connectivity index (χ1n) is 9.33. The van der Waals surface area contributed by atoms with E-state index in [1.165, 1.54) is 4.90 Å². The van der Waals surface area contributed by atoms with Gasteiger partial charge >= 0.3 is 5.97 Å². The molecule has 0 spiro atoms. The van der Waals surface area contributed by atoms with E-state index in [1.807, 2.05) is 18.7 Å². The van der Waals surface area contributed by atoms with E-state index in [-0.39, 0.29) is 42.7 Å². The number of rotatable bonds is 6. The summed E-state index contributed by atoms with van der Waals surface area (Å²) in [6.45, 7) is 9.08. The largest absolute Gasteiger partial charge is 0.462 e. The van der Waals surface area contributed by atoms with Crippen LogP contribution in [0.2, 0.25) is 0 Å². The van der Waals surface area contributed by atoms with Crippen LogP contribution in [-0.2, 0) is 14.3 Å². The molecule has 9 heteroatoms. The molecular formula is C19H29N3O5S. The van der Waals surface area contributed by atoms with Crippen molar-refractivity contribution in [1.29, 1.82) is 0 Å². The van der Waals surface area contributed by atoms with E-state index in [4.69, 9.17) is 9.47 Å². The second kappa shape index (κ2) is 9.49. The van der Waals surface area contributed by atoms with Gasteiger partial charge in [-0.3, -0.25) is 14.5 Å². The third-order valence-corrected chi connectivity index (χ3v) is 5.54. The molecule has 1 aromatic rings. The van der Waals surface area contributed by atoms with Gasteiger partial charge < -0.3 is 19.7 Å². The highest BCUT2D eigenvalue weighted by atomic mass is 32.1. The number of nitrogens with zero attached hydrogens (tertiary/aromatic N) is 2. The molecule has 2 rings (SSSR count). The summed E-state index contributed by atoms with van der Waals surface area (Å²) in [5.74, 6) is -1.00. The first-order chi connectivity index (χ1) is 13.1. The second-order valence-corrected chi connectivity index (χ2v) is 8.20. The number of carbonyl (C=O) groups is 3. The van der Waals surface area contributed by atoms with Crippen molar-refractivity contribution in [3.63, 3.8) is 0 Å². The third kappa shape index (κ3) is 5.30. The molecule has 2 amide bonds. The van der Waals surface area contributed by atoms with Crippen molar-refractivity contribution in [2.75, 3.05) is 45.7 Å². The van der Waals surface area contributed by atoms with E-state index in [0.29, 0.717) is 28.5 Å². The molecule has 0 bridgehead atoms. The molecule has 156 valence electrons. The van der Waals surface area contributed by atoms with Gasteiger partial charge in [0.15, 0.2) is 0 Å². The minimum atomic E-state index is -0.544. The fourth-order valence-electron chi connectivity index (χ4n) is 3.24. The van der Waals surface area contributed by atoms with Crippen molar-refractivity contribution in [3.05, 3.63) is 16.0 Å². The van der Waals surface area contributed by atoms with E-state index >= 15 is 0 Å². The highest BCUT2D eigenvalue weighted by Gasteiger charge is 2.28. The van der Waals surface area contributed by atoms with E-state index < -0.39 is 5.97 Å². The van der Waals surface area contributed by atoms with Crippen molar-refractivity contribution in [1.82, 2.24) is 9.80 Å². The maximum atomic E-state index is 12.6. The minimum absolute atomic E-state index is 0.0555. The van der Waals surface area contributed by atoms with Crippen LogP contribution in [0.15, 0.2) is 0 Å². The maximum absolute atomic E-state index is 12.6. The van der Waals surface area contributed by atoms with Crippen molar-refractivity contribution in [3.8, 4) is 0 Å². The average molecular weight is 412 g/mol. The quantitative estimate of drug-likeness (QED) is 0.720. The fraction of sp³-hybridized carbons (Fsp3) is 0.632. The van der Waals surface area contributed by atoms with Crippen LogP contribution in [0, 0.1) is 6.92 Å². The Morgan fingerprint density at radius 3 is 2.39 bits per heavy atom. The lowest BCUT2D eigenvalue weighted by Crippen LogP contribution is -2.48. The summed E-state index contributed by atoms with van der Waals surface area (Å²) < 4.78 is 10.8. The normalized spacial score (nSPS) is 19.9. The molecule has 1 fully saturated rings. The number of esters is 1. The Labute approximate surface area is 169 Å². The van der Waals surface area contributed by atoms with Crippen LogP contribution in [0.25, 0.3) is 0 Å². The Hall–Kier alpha value is -1.97. The summed E-state index contributed by atoms with van der Waals surface area (Å²) in [5.41, 5.74) is 0.764. The number of thiophene rings is 1. The number of anilines is 1. The van der Waals surface area contributed by atoms with Gasteiger partial charge in [-0.05, 0) is 33.3 Å². The molecular weight excluding hydrogens is 382 g/mol. The van der Waals surface area contributed by atoms with E-state index in [0.717, 1.165) is 11.3 Å². The zero-order valence-electron chi connectivity index (χ0n) is 17.3. The van der Waals surface area contributed by atoms with Crippen LogP contribution in [0.5, 0.6) is 0 Å². The van der Waals surface area contributed by atoms with Gasteiger partial charge in [-0.15, -0.1) is 11.3 Å². The molecule has 0 saturated carbocycles. The molecule has 1 aliphatic rings. The summed E-state index contributed by atoms with van der Waals surface area (Å²) in [5, 5.41) is 3.16. The van der Waals surface area contributed by atoms with Gasteiger partial charge in [-0.2, -0.15) is 0 Å². The zero-order valence-corrected chi connectivity index (χ0v) is 18.1. The lowest BCUT2D eigenvalue weighted by molar-refractivity contribution is -0.121. The molecule has 1 aromatic heterocycles. The van der Waals surface area contributed by atoms with Crippen molar-refractivity contribution >= 4 is 34.1 Å². The van der Waals surface area contributed by atoms with Crippen LogP contribution in [0.3, 0.4) is 0 Å². The average Bonchev–Trinajstić information content (AvgIpc) is 2.89. The van der Waals surface area contributed by atoms with Gasteiger partial charge in [0.25, 0.3) is 5.91 Å². The first-order valence-corrected chi connectivity index (χ1v) is 10.1. The number of morpholine rings is 1. The number of amides is 2. The Balaban J connectivity index is 2.22. The first kappa shape index (κ1) is 22.3. The standard InChI is InChI=1S/C19H29N3O5S/c1-7-26-19(25)15-13(4)16(18(24)21(5)6)28-17(15)20-14(23)10-22-8-11(2)27-12(3)9-22/h11-12H,7-10H2,1-6H3,(H,20,23)/t11-,12-/m1/s1. The van der Waals surface area contributed by atoms with Crippen molar-refractivity contribution in [2.45, 2.75) is 39.9 Å². The molecule has 0 radical (unpaired) electrons. The van der Waals surface area contributed by atoms with E-state index in [9.17, 15) is 14.4 Å². The monoisotopic (exact) mass is 411 g/mol. The Morgan fingerprint density at radius 2 is 1.86 bits per heavy atom. The predicted molar refractivity (Wildman–Crippen MR) is 108 cm³/mol. The topological polar surface area (TPSA) is 88.2 Å². The number of ether oxygens (including phenoxy) is 2. The van der Waals surface area contributed by atoms with Crippen LogP contribution in [-0.4, -0.2) is 80.1 Å². The molecule has 1 saturated heterocycles. The summed E-state index contributed by atoms with van der Waals surface area (Å²) in [4.78, 5) is 41.4. The predicted octanol–water partition coefficient (Wildman–Crippen LogP) is 1.98. The Morgan fingerprint density at radius 1 is 1.25 bits per heavy atom. The van der Waals surface area contributed by atoms with Gasteiger partial charge in [0.05, 0.1) is 35.8 Å². The molecule has 28 heavy (non-hydrogen) atoms. The van der Waals surface area contributed by atoms with E-state index in [2.05, 4.69) is 5.32 Å². The molecule has 0 aromatic carbocycles. The Bertz CT molecular complexity index is 736. The molecule has 2 heterocycles. The van der Waals surface area contributed by atoms with Crippen LogP contribution in [0.1, 0.15) is 46.4 Å². The minimum Gasteiger partial charge on any atom is -0.462 e. The van der Waals surface area contributed by atoms with Gasteiger partial charge in [0, 0.05) is 27.2 Å². The Kier molecular flexibility index (Phi) is 7.56. The smallest absolute Gasteiger partial charge is 0.341 e. The number of carbonyl (C=O) groups excluding carboxylic acids is 3. The second-order valence-electron chi connectivity index (χ2n) is 7.18. The third-order valence-electron chi connectivity index (χ3n) is 4.34. The maximum Gasteiger partial charge on any atom is 0.341 e. The fourth-order valence-corrected chi connectivity index (χ4v) is 4.47. The lowest BCUT2D eigenvalue weighted by Gasteiger charge is -2.34. The van der Waals surface area contributed by atoms with Crippen molar-refractivity contribution < 1.29 is 23.9 Å².